The molecule has 0 amide bonds. The number of hydrogen-bond donors (Lipinski definition) is 2. The van der Waals surface area contributed by atoms with E-state index in [0.29, 0.717) is 6.04 Å². The molecule has 4 heteroatoms. The first-order valence-corrected chi connectivity index (χ1v) is 5.19. The van der Waals surface area contributed by atoms with Crippen LogP contribution in [-0.4, -0.2) is 15.8 Å². The first-order chi connectivity index (χ1) is 6.60. The summed E-state index contributed by atoms with van der Waals surface area (Å²) in [5, 5.41) is 7.72. The van der Waals surface area contributed by atoms with E-state index < -0.39 is 0 Å². The molecule has 4 nitrogen and oxygen atoms in total. The minimum atomic E-state index is 0.429. The predicted octanol–water partition coefficient (Wildman–Crippen LogP) is 2.00. The largest absolute Gasteiger partial charge is 0.394 e. The van der Waals surface area contributed by atoms with Gasteiger partial charge in [0.1, 0.15) is 5.82 Å². The molecule has 0 radical (unpaired) electrons. The van der Waals surface area contributed by atoms with Crippen LogP contribution in [0.5, 0.6) is 0 Å². The van der Waals surface area contributed by atoms with Crippen LogP contribution in [0.25, 0.3) is 0 Å². The van der Waals surface area contributed by atoms with Crippen LogP contribution >= 0.6 is 0 Å². The summed E-state index contributed by atoms with van der Waals surface area (Å²) in [6, 6.07) is 0.429. The van der Waals surface area contributed by atoms with Crippen molar-refractivity contribution in [3.8, 4) is 0 Å². The maximum absolute atomic E-state index is 5.94. The highest BCUT2D eigenvalue weighted by Gasteiger charge is 2.12. The SMILES string of the molecule is CCC(C)Nc1c(N)c(C)nn1CC. The lowest BCUT2D eigenvalue weighted by atomic mass is 10.2. The third-order valence-corrected chi connectivity index (χ3v) is 2.47. The molecule has 0 aliphatic heterocycles. The van der Waals surface area contributed by atoms with Crippen molar-refractivity contribution in [3.05, 3.63) is 5.69 Å². The number of nitrogens with zero attached hydrogens (tertiary/aromatic N) is 2. The Labute approximate surface area is 85.5 Å². The van der Waals surface area contributed by atoms with Gasteiger partial charge in [0.15, 0.2) is 0 Å². The van der Waals surface area contributed by atoms with Crippen molar-refractivity contribution < 1.29 is 0 Å². The number of rotatable bonds is 4. The summed E-state index contributed by atoms with van der Waals surface area (Å²) in [6.45, 7) is 9.13. The molecule has 1 rings (SSSR count). The second-order valence-electron chi connectivity index (χ2n) is 3.62. The maximum Gasteiger partial charge on any atom is 0.148 e. The molecular formula is C10H20N4. The van der Waals surface area contributed by atoms with E-state index in [0.717, 1.165) is 30.2 Å². The maximum atomic E-state index is 5.94. The van der Waals surface area contributed by atoms with Crippen LogP contribution in [0.4, 0.5) is 11.5 Å². The van der Waals surface area contributed by atoms with Crippen molar-refractivity contribution >= 4 is 11.5 Å². The zero-order valence-corrected chi connectivity index (χ0v) is 9.46. The van der Waals surface area contributed by atoms with Crippen molar-refractivity contribution in [2.45, 2.75) is 46.7 Å². The van der Waals surface area contributed by atoms with Gasteiger partial charge in [0.05, 0.1) is 11.4 Å². The van der Waals surface area contributed by atoms with Crippen molar-refractivity contribution in [3.63, 3.8) is 0 Å². The second kappa shape index (κ2) is 4.35. The molecule has 0 aliphatic carbocycles. The fourth-order valence-electron chi connectivity index (χ4n) is 1.31. The van der Waals surface area contributed by atoms with Crippen LogP contribution in [0, 0.1) is 6.92 Å². The lowest BCUT2D eigenvalue weighted by Gasteiger charge is -2.14. The van der Waals surface area contributed by atoms with Crippen molar-refractivity contribution in [1.82, 2.24) is 9.78 Å². The molecule has 1 aromatic rings. The predicted molar refractivity (Wildman–Crippen MR) is 60.4 cm³/mol. The van der Waals surface area contributed by atoms with E-state index in [1.54, 1.807) is 0 Å². The van der Waals surface area contributed by atoms with Gasteiger partial charge in [-0.15, -0.1) is 0 Å². The van der Waals surface area contributed by atoms with E-state index in [4.69, 9.17) is 5.73 Å². The number of hydrogen-bond acceptors (Lipinski definition) is 3. The fourth-order valence-corrected chi connectivity index (χ4v) is 1.31. The smallest absolute Gasteiger partial charge is 0.148 e. The van der Waals surface area contributed by atoms with Crippen molar-refractivity contribution in [2.24, 2.45) is 0 Å². The molecule has 1 heterocycles. The molecule has 0 aromatic carbocycles. The van der Waals surface area contributed by atoms with Gasteiger partial charge < -0.3 is 11.1 Å². The zero-order chi connectivity index (χ0) is 10.7. The van der Waals surface area contributed by atoms with Gasteiger partial charge in [0.25, 0.3) is 0 Å². The fraction of sp³-hybridized carbons (Fsp3) is 0.700. The van der Waals surface area contributed by atoms with Gasteiger partial charge in [0, 0.05) is 12.6 Å². The van der Waals surface area contributed by atoms with E-state index in [1.807, 2.05) is 11.6 Å². The number of nitrogen functional groups attached to an aromatic ring is 1. The molecule has 0 bridgehead atoms. The van der Waals surface area contributed by atoms with E-state index >= 15 is 0 Å². The summed E-state index contributed by atoms with van der Waals surface area (Å²) in [7, 11) is 0. The molecule has 1 unspecified atom stereocenters. The van der Waals surface area contributed by atoms with Crippen LogP contribution in [0.3, 0.4) is 0 Å². The number of anilines is 2. The highest BCUT2D eigenvalue weighted by Crippen LogP contribution is 2.23. The molecule has 1 atom stereocenters. The quantitative estimate of drug-likeness (QED) is 0.774. The van der Waals surface area contributed by atoms with Gasteiger partial charge in [-0.25, -0.2) is 4.68 Å². The molecule has 0 saturated heterocycles. The van der Waals surface area contributed by atoms with Crippen LogP contribution < -0.4 is 11.1 Å². The summed E-state index contributed by atoms with van der Waals surface area (Å²) in [4.78, 5) is 0. The van der Waals surface area contributed by atoms with Crippen LogP contribution in [0.15, 0.2) is 0 Å². The molecule has 0 aliphatic rings. The Morgan fingerprint density at radius 1 is 1.50 bits per heavy atom. The number of aryl methyl sites for hydroxylation is 2. The van der Waals surface area contributed by atoms with Crippen molar-refractivity contribution in [2.75, 3.05) is 11.1 Å². The Morgan fingerprint density at radius 2 is 2.14 bits per heavy atom. The summed E-state index contributed by atoms with van der Waals surface area (Å²) < 4.78 is 1.91. The molecular weight excluding hydrogens is 176 g/mol. The normalized spacial score (nSPS) is 12.9. The molecule has 1 aromatic heterocycles. The van der Waals surface area contributed by atoms with Gasteiger partial charge >= 0.3 is 0 Å². The summed E-state index contributed by atoms with van der Waals surface area (Å²) in [6.07, 6.45) is 1.08. The highest BCUT2D eigenvalue weighted by molar-refractivity contribution is 5.65. The van der Waals surface area contributed by atoms with Crippen LogP contribution in [0.2, 0.25) is 0 Å². The Kier molecular flexibility index (Phi) is 3.38. The molecule has 0 spiro atoms. The number of nitrogens with two attached hydrogens (primary N) is 1. The minimum Gasteiger partial charge on any atom is -0.394 e. The Bertz CT molecular complexity index is 303. The highest BCUT2D eigenvalue weighted by atomic mass is 15.3. The van der Waals surface area contributed by atoms with Gasteiger partial charge in [-0.1, -0.05) is 6.92 Å². The van der Waals surface area contributed by atoms with Gasteiger partial charge in [-0.05, 0) is 27.2 Å². The topological polar surface area (TPSA) is 55.9 Å². The van der Waals surface area contributed by atoms with E-state index in [9.17, 15) is 0 Å². The number of aromatic nitrogens is 2. The molecule has 0 fully saturated rings. The van der Waals surface area contributed by atoms with Crippen molar-refractivity contribution in [1.29, 1.82) is 0 Å². The van der Waals surface area contributed by atoms with Crippen LogP contribution in [0.1, 0.15) is 32.9 Å². The van der Waals surface area contributed by atoms with E-state index in [1.165, 1.54) is 0 Å². The van der Waals surface area contributed by atoms with E-state index in [-0.39, 0.29) is 0 Å². The molecule has 3 N–H and O–H groups in total. The van der Waals surface area contributed by atoms with Gasteiger partial charge in [-0.2, -0.15) is 5.10 Å². The third-order valence-electron chi connectivity index (χ3n) is 2.47. The molecule has 80 valence electrons. The average molecular weight is 196 g/mol. The number of nitrogens with one attached hydrogen (secondary N) is 1. The monoisotopic (exact) mass is 196 g/mol. The first-order valence-electron chi connectivity index (χ1n) is 5.19. The molecule has 0 saturated carbocycles. The Morgan fingerprint density at radius 3 is 2.64 bits per heavy atom. The lowest BCUT2D eigenvalue weighted by Crippen LogP contribution is -2.17. The third kappa shape index (κ3) is 2.00. The molecule has 14 heavy (non-hydrogen) atoms. The van der Waals surface area contributed by atoms with Gasteiger partial charge in [0.2, 0.25) is 0 Å². The Balaban J connectivity index is 2.93. The zero-order valence-electron chi connectivity index (χ0n) is 9.46. The average Bonchev–Trinajstić information content (AvgIpc) is 2.45. The van der Waals surface area contributed by atoms with Crippen LogP contribution in [-0.2, 0) is 6.54 Å². The summed E-state index contributed by atoms with van der Waals surface area (Å²) >= 11 is 0. The summed E-state index contributed by atoms with van der Waals surface area (Å²) in [5.41, 5.74) is 7.61. The van der Waals surface area contributed by atoms with E-state index in [2.05, 4.69) is 31.2 Å². The lowest BCUT2D eigenvalue weighted by molar-refractivity contribution is 0.645. The van der Waals surface area contributed by atoms with Gasteiger partial charge in [-0.3, -0.25) is 0 Å². The first kappa shape index (κ1) is 10.9. The Hall–Kier alpha value is -1.19. The standard InChI is InChI=1S/C10H20N4/c1-5-7(3)12-10-9(11)8(4)13-14(10)6-2/h7,12H,5-6,11H2,1-4H3. The second-order valence-corrected chi connectivity index (χ2v) is 3.62. The summed E-state index contributed by atoms with van der Waals surface area (Å²) in [5.74, 6) is 0.958. The minimum absolute atomic E-state index is 0.429.